The first-order valence-corrected chi connectivity index (χ1v) is 32.5. The van der Waals surface area contributed by atoms with Crippen LogP contribution in [0.2, 0.25) is 61.4 Å². The molecule has 0 bridgehead atoms. The number of halogens is 2. The molecule has 7 heterocycles. The van der Waals surface area contributed by atoms with Crippen molar-refractivity contribution < 1.29 is 23.6 Å². The van der Waals surface area contributed by atoms with E-state index in [2.05, 4.69) is 70.3 Å². The molecule has 0 spiro atoms. The highest BCUT2D eigenvalue weighted by Gasteiger charge is 2.24. The van der Waals surface area contributed by atoms with Crippen LogP contribution in [0.1, 0.15) is 59.9 Å². The quantitative estimate of drug-likeness (QED) is 0.0541. The second-order valence-corrected chi connectivity index (χ2v) is 33.3. The zero-order valence-corrected chi connectivity index (χ0v) is 46.7. The Hall–Kier alpha value is -6.30. The summed E-state index contributed by atoms with van der Waals surface area (Å²) in [5.41, 5.74) is 7.90. The summed E-state index contributed by atoms with van der Waals surface area (Å²) in [5, 5.41) is 25.3. The van der Waals surface area contributed by atoms with Gasteiger partial charge in [0.05, 0.1) is 41.1 Å². The predicted octanol–water partition coefficient (Wildman–Crippen LogP) is 11.0. The van der Waals surface area contributed by atoms with Gasteiger partial charge in [0, 0.05) is 80.7 Å². The summed E-state index contributed by atoms with van der Waals surface area (Å²) in [4.78, 5) is 45.2. The third-order valence-corrected chi connectivity index (χ3v) is 15.5. The number of nitrogens with one attached hydrogen (secondary N) is 3. The maximum Gasteiger partial charge on any atom is 0.255 e. The number of aromatic amines is 1. The van der Waals surface area contributed by atoms with Crippen molar-refractivity contribution in [3.63, 3.8) is 0 Å². The first-order chi connectivity index (χ1) is 34.6. The molecule has 2 aromatic carbocycles. The molecule has 73 heavy (non-hydrogen) atoms. The van der Waals surface area contributed by atoms with Crippen molar-refractivity contribution in [3.05, 3.63) is 99.9 Å². The molecule has 0 saturated heterocycles. The molecule has 7 aromatic heterocycles. The van der Waals surface area contributed by atoms with Crippen LogP contribution in [0.3, 0.4) is 0 Å². The van der Waals surface area contributed by atoms with E-state index in [-0.39, 0.29) is 30.6 Å². The van der Waals surface area contributed by atoms with Gasteiger partial charge in [-0.3, -0.25) is 19.4 Å². The number of ether oxygens (including phenoxy) is 2. The molecule has 384 valence electrons. The maximum absolute atomic E-state index is 13.2. The number of carbonyl (C=O) groups is 2. The Labute approximate surface area is 435 Å². The normalized spacial score (nSPS) is 12.2. The number of rotatable bonds is 18. The van der Waals surface area contributed by atoms with Crippen LogP contribution >= 0.6 is 23.2 Å². The number of nitrogens with zero attached hydrogens (tertiary/aromatic N) is 10. The van der Waals surface area contributed by atoms with Gasteiger partial charge >= 0.3 is 0 Å². The maximum atomic E-state index is 13.2. The number of hydrogen-bond donors (Lipinski definition) is 3. The van der Waals surface area contributed by atoms with Crippen LogP contribution < -0.4 is 10.6 Å². The molecule has 0 unspecified atom stereocenters. The average Bonchev–Trinajstić information content (AvgIpc) is 4.15. The highest BCUT2D eigenvalue weighted by Crippen LogP contribution is 2.32. The Morgan fingerprint density at radius 3 is 1.75 bits per heavy atom. The van der Waals surface area contributed by atoms with Crippen LogP contribution in [0.25, 0.3) is 66.9 Å². The molecule has 9 aromatic rings. The van der Waals surface area contributed by atoms with E-state index in [4.69, 9.17) is 57.2 Å². The number of aryl methyl sites for hydroxylation is 1. The average molecular weight is 1070 g/mol. The summed E-state index contributed by atoms with van der Waals surface area (Å²) in [6.07, 6.45) is 6.90. The zero-order valence-electron chi connectivity index (χ0n) is 43.2. The van der Waals surface area contributed by atoms with E-state index in [0.717, 1.165) is 45.3 Å². The summed E-state index contributed by atoms with van der Waals surface area (Å²) in [6.45, 7) is 25.8. The molecule has 3 N–H and O–H groups in total. The fourth-order valence-electron chi connectivity index (χ4n) is 7.91. The number of fused-ring (bicyclic) bond motifs is 4. The van der Waals surface area contributed by atoms with Gasteiger partial charge in [0.2, 0.25) is 0 Å². The van der Waals surface area contributed by atoms with Gasteiger partial charge in [0.1, 0.15) is 58.7 Å². The van der Waals surface area contributed by atoms with Crippen molar-refractivity contribution in [2.45, 2.75) is 118 Å². The lowest BCUT2D eigenvalue weighted by Gasteiger charge is -2.15. The Balaban J connectivity index is 0.000000199. The second kappa shape index (κ2) is 22.0. The van der Waals surface area contributed by atoms with Crippen molar-refractivity contribution in [1.82, 2.24) is 64.8 Å². The van der Waals surface area contributed by atoms with Crippen LogP contribution in [0, 0.1) is 6.92 Å². The van der Waals surface area contributed by atoms with E-state index >= 15 is 0 Å². The van der Waals surface area contributed by atoms with Gasteiger partial charge < -0.3 is 33.8 Å². The lowest BCUT2D eigenvalue weighted by molar-refractivity contribution is 0.0886. The van der Waals surface area contributed by atoms with Crippen molar-refractivity contribution in [2.24, 2.45) is 0 Å². The molecule has 0 aliphatic carbocycles. The van der Waals surface area contributed by atoms with E-state index < -0.39 is 16.1 Å². The number of benzene rings is 2. The summed E-state index contributed by atoms with van der Waals surface area (Å²) in [7, 11) is -2.41. The minimum atomic E-state index is -1.23. The minimum absolute atomic E-state index is 0.0000636. The van der Waals surface area contributed by atoms with Crippen LogP contribution in [0.5, 0.6) is 0 Å². The van der Waals surface area contributed by atoms with Gasteiger partial charge in [-0.15, -0.1) is 0 Å². The first kappa shape index (κ1) is 53.0. The van der Waals surface area contributed by atoms with Gasteiger partial charge in [0.25, 0.3) is 11.8 Å². The fraction of sp³-hybridized carbons (Fsp3) is 0.392. The summed E-state index contributed by atoms with van der Waals surface area (Å²) in [6, 6.07) is 15.1. The summed E-state index contributed by atoms with van der Waals surface area (Å²) < 4.78 is 22.6. The standard InChI is InChI=1S/C28H34ClN7O3Si.C23H29ClN6O2Si/c1-17(2)31-28(37)22-15-35(16-38-9-10-40(4,5)6)27-26(22)32-23(13-30-27)25-21-8-7-19(29)12-24(21)36(33-25)14-20-11-18(3)39-34-20;1-14(2)26-23(31)17-12-30(13-32-8-9-33(3,4)5)22-21(17)27-19(11-25-22)20-16-7-6-15(24)10-18(16)28-29-20/h7-8,11-13,15,17H,9-10,14,16H2,1-6H3,(H,31,37);6-7,10-12,14H,8-9,13H2,1-5H3,(H,26,31)(H,28,29). The third kappa shape index (κ3) is 12.9. The first-order valence-electron chi connectivity index (χ1n) is 24.3. The third-order valence-electron chi connectivity index (χ3n) is 11.6. The van der Waals surface area contributed by atoms with Gasteiger partial charge in [-0.2, -0.15) is 10.2 Å². The van der Waals surface area contributed by atoms with Gasteiger partial charge in [-0.25, -0.2) is 19.9 Å². The van der Waals surface area contributed by atoms with E-state index in [9.17, 15) is 9.59 Å². The molecule has 18 nitrogen and oxygen atoms in total. The molecule has 22 heteroatoms. The number of H-pyrrole nitrogens is 1. The molecule has 0 atom stereocenters. The Kier molecular flexibility index (Phi) is 16.0. The molecular weight excluding hydrogens is 1000 g/mol. The number of hydrogen-bond acceptors (Lipinski definition) is 12. The number of carbonyl (C=O) groups excluding carboxylic acids is 2. The summed E-state index contributed by atoms with van der Waals surface area (Å²) in [5.74, 6) is 0.319. The SMILES string of the molecule is CC(C)NC(=O)c1cn(COCC[Si](C)(C)C)c2ncc(-c3n[nH]c4cc(Cl)ccc34)nc12.Cc1cc(Cn2nc(-c3cnc4c(n3)c(C(=O)NC(C)C)cn4COCC[Si](C)(C)C)c3ccc(Cl)cc32)no1. The lowest BCUT2D eigenvalue weighted by atomic mass is 10.1. The monoisotopic (exact) mass is 1060 g/mol. The van der Waals surface area contributed by atoms with E-state index in [1.165, 1.54) is 0 Å². The fourth-order valence-corrected chi connectivity index (χ4v) is 9.76. The highest BCUT2D eigenvalue weighted by atomic mass is 35.5. The zero-order chi connectivity index (χ0) is 52.4. The van der Waals surface area contributed by atoms with E-state index in [1.807, 2.05) is 90.9 Å². The topological polar surface area (TPSA) is 211 Å². The molecular formula is C51H63Cl2N13O5Si2. The van der Waals surface area contributed by atoms with Crippen molar-refractivity contribution >= 4 is 95.3 Å². The highest BCUT2D eigenvalue weighted by molar-refractivity contribution is 6.76. The van der Waals surface area contributed by atoms with E-state index in [0.29, 0.717) is 92.8 Å². The van der Waals surface area contributed by atoms with Crippen molar-refractivity contribution in [2.75, 3.05) is 13.2 Å². The van der Waals surface area contributed by atoms with Crippen molar-refractivity contribution in [3.8, 4) is 22.8 Å². The van der Waals surface area contributed by atoms with Crippen LogP contribution in [0.15, 0.2) is 71.8 Å². The molecule has 0 aliphatic rings. The molecule has 2 amide bonds. The van der Waals surface area contributed by atoms with Crippen LogP contribution in [-0.4, -0.2) is 107 Å². The van der Waals surface area contributed by atoms with Crippen LogP contribution in [-0.2, 0) is 29.5 Å². The molecule has 0 saturated carbocycles. The van der Waals surface area contributed by atoms with Gasteiger partial charge in [-0.05, 0) is 83.1 Å². The lowest BCUT2D eigenvalue weighted by Crippen LogP contribution is -2.30. The predicted molar refractivity (Wildman–Crippen MR) is 293 cm³/mol. The van der Waals surface area contributed by atoms with Gasteiger partial charge in [0.15, 0.2) is 11.3 Å². The van der Waals surface area contributed by atoms with Gasteiger partial charge in [-0.1, -0.05) is 67.6 Å². The Morgan fingerprint density at radius 2 is 1.25 bits per heavy atom. The second-order valence-electron chi connectivity index (χ2n) is 21.2. The van der Waals surface area contributed by atoms with E-state index in [1.54, 1.807) is 24.8 Å². The smallest absolute Gasteiger partial charge is 0.255 e. The van der Waals surface area contributed by atoms with Crippen molar-refractivity contribution in [1.29, 1.82) is 0 Å². The Bertz CT molecular complexity index is 3440. The Morgan fingerprint density at radius 1 is 0.726 bits per heavy atom. The molecule has 0 fully saturated rings. The largest absolute Gasteiger partial charge is 0.361 e. The number of amides is 2. The summed E-state index contributed by atoms with van der Waals surface area (Å²) >= 11 is 12.4. The van der Waals surface area contributed by atoms with Crippen LogP contribution in [0.4, 0.5) is 0 Å². The number of aromatic nitrogens is 11. The molecule has 0 aliphatic heterocycles. The molecule has 9 rings (SSSR count). The molecule has 0 radical (unpaired) electrons. The minimum Gasteiger partial charge on any atom is -0.361 e.